The Morgan fingerprint density at radius 3 is 1.03 bits per heavy atom. The van der Waals surface area contributed by atoms with Crippen LogP contribution in [0.5, 0.6) is 0 Å². The lowest BCUT2D eigenvalue weighted by Gasteiger charge is -2.08. The lowest BCUT2D eigenvalue weighted by molar-refractivity contribution is 0.0817. The smallest absolute Gasteiger partial charge is 0.233 e. The number of benzene rings is 4. The van der Waals surface area contributed by atoms with Gasteiger partial charge in [-0.3, -0.25) is 9.59 Å². The number of anilines is 4. The lowest BCUT2D eigenvalue weighted by Crippen LogP contribution is -2.14. The summed E-state index contributed by atoms with van der Waals surface area (Å²) in [4.78, 5) is 25.2. The summed E-state index contributed by atoms with van der Waals surface area (Å²) >= 11 is 0. The van der Waals surface area contributed by atoms with Crippen molar-refractivity contribution in [2.75, 3.05) is 10.6 Å². The monoisotopic (exact) mass is 392 g/mol. The van der Waals surface area contributed by atoms with Gasteiger partial charge in [-0.25, -0.2) is 0 Å². The quantitative estimate of drug-likeness (QED) is 0.289. The first-order chi connectivity index (χ1) is 14.7. The minimum Gasteiger partial charge on any atom is -0.356 e. The molecule has 0 unspecified atom stereocenters. The van der Waals surface area contributed by atoms with Crippen molar-refractivity contribution in [2.24, 2.45) is 0 Å². The highest BCUT2D eigenvalue weighted by Gasteiger charge is 2.18. The van der Waals surface area contributed by atoms with Crippen molar-refractivity contribution in [2.45, 2.75) is 0 Å². The average molecular weight is 392 g/mol. The molecule has 4 aromatic carbocycles. The second-order valence-corrected chi connectivity index (χ2v) is 6.79. The number of rotatable bonds is 7. The summed E-state index contributed by atoms with van der Waals surface area (Å²) in [7, 11) is 0. The molecule has 4 aromatic rings. The van der Waals surface area contributed by atoms with Crippen LogP contribution in [-0.2, 0) is 0 Å². The molecule has 4 nitrogen and oxygen atoms in total. The topological polar surface area (TPSA) is 58.2 Å². The largest absolute Gasteiger partial charge is 0.356 e. The number of ketones is 2. The summed E-state index contributed by atoms with van der Waals surface area (Å²) in [6, 6.07) is 33.3. The molecule has 0 aliphatic rings. The molecular weight excluding hydrogens is 372 g/mol. The molecule has 0 bridgehead atoms. The number of carbonyl (C=O) groups is 2. The zero-order valence-corrected chi connectivity index (χ0v) is 16.2. The normalized spacial score (nSPS) is 10.3. The molecule has 0 radical (unpaired) electrons. The number of carbonyl (C=O) groups excluding carboxylic acids is 2. The maximum atomic E-state index is 12.6. The fourth-order valence-corrected chi connectivity index (χ4v) is 3.05. The first-order valence-corrected chi connectivity index (χ1v) is 9.62. The molecule has 2 N–H and O–H groups in total. The van der Waals surface area contributed by atoms with Crippen molar-refractivity contribution >= 4 is 34.3 Å². The minimum atomic E-state index is -0.523. The highest BCUT2D eigenvalue weighted by atomic mass is 16.2. The summed E-state index contributed by atoms with van der Waals surface area (Å²) in [5.74, 6) is -1.05. The first-order valence-electron chi connectivity index (χ1n) is 9.62. The summed E-state index contributed by atoms with van der Waals surface area (Å²) in [6.45, 7) is 0. The van der Waals surface area contributed by atoms with E-state index >= 15 is 0 Å². The van der Waals surface area contributed by atoms with Gasteiger partial charge >= 0.3 is 0 Å². The van der Waals surface area contributed by atoms with Gasteiger partial charge in [-0.2, -0.15) is 0 Å². The fraction of sp³-hybridized carbons (Fsp3) is 0. The molecule has 0 amide bonds. The third kappa shape index (κ3) is 4.62. The summed E-state index contributed by atoms with van der Waals surface area (Å²) < 4.78 is 0. The predicted molar refractivity (Wildman–Crippen MR) is 121 cm³/mol. The van der Waals surface area contributed by atoms with Crippen LogP contribution in [0.3, 0.4) is 0 Å². The van der Waals surface area contributed by atoms with E-state index in [-0.39, 0.29) is 0 Å². The number of hydrogen-bond donors (Lipinski definition) is 2. The molecule has 0 heterocycles. The maximum absolute atomic E-state index is 12.6. The van der Waals surface area contributed by atoms with Gasteiger partial charge in [-0.05, 0) is 72.8 Å². The predicted octanol–water partition coefficient (Wildman–Crippen LogP) is 6.24. The Labute approximate surface area is 175 Å². The van der Waals surface area contributed by atoms with Crippen LogP contribution < -0.4 is 10.6 Å². The zero-order valence-electron chi connectivity index (χ0n) is 16.2. The van der Waals surface area contributed by atoms with Crippen LogP contribution in [0.25, 0.3) is 0 Å². The average Bonchev–Trinajstić information content (AvgIpc) is 2.80. The number of Topliss-reactive ketones (excluding diaryl/α,β-unsaturated/α-hetero) is 2. The molecule has 4 rings (SSSR count). The van der Waals surface area contributed by atoms with Gasteiger partial charge in [0.15, 0.2) is 0 Å². The van der Waals surface area contributed by atoms with Gasteiger partial charge in [0.1, 0.15) is 0 Å². The number of nitrogens with one attached hydrogen (secondary N) is 2. The Hall–Kier alpha value is -4.18. The molecule has 0 aliphatic heterocycles. The van der Waals surface area contributed by atoms with E-state index in [0.29, 0.717) is 11.1 Å². The molecule has 0 aromatic heterocycles. The Balaban J connectivity index is 1.42. The summed E-state index contributed by atoms with van der Waals surface area (Å²) in [5.41, 5.74) is 4.34. The van der Waals surface area contributed by atoms with Gasteiger partial charge in [0.05, 0.1) is 0 Å². The van der Waals surface area contributed by atoms with Crippen molar-refractivity contribution < 1.29 is 9.59 Å². The van der Waals surface area contributed by atoms with E-state index in [4.69, 9.17) is 0 Å². The molecule has 146 valence electrons. The van der Waals surface area contributed by atoms with Crippen LogP contribution in [0.15, 0.2) is 109 Å². The van der Waals surface area contributed by atoms with E-state index in [2.05, 4.69) is 10.6 Å². The van der Waals surface area contributed by atoms with E-state index in [9.17, 15) is 9.59 Å². The van der Waals surface area contributed by atoms with Crippen LogP contribution in [0.1, 0.15) is 20.7 Å². The third-order valence-corrected chi connectivity index (χ3v) is 4.63. The molecular formula is C26H20N2O2. The van der Waals surface area contributed by atoms with E-state index in [1.54, 1.807) is 48.5 Å². The van der Waals surface area contributed by atoms with E-state index in [0.717, 1.165) is 22.7 Å². The molecule has 0 fully saturated rings. The minimum absolute atomic E-state index is 0.366. The first kappa shape index (κ1) is 19.2. The van der Waals surface area contributed by atoms with E-state index in [1.165, 1.54) is 0 Å². The van der Waals surface area contributed by atoms with Gasteiger partial charge in [-0.15, -0.1) is 0 Å². The second kappa shape index (κ2) is 8.88. The van der Waals surface area contributed by atoms with Gasteiger partial charge < -0.3 is 10.6 Å². The van der Waals surface area contributed by atoms with Crippen molar-refractivity contribution in [1.29, 1.82) is 0 Å². The molecule has 4 heteroatoms. The third-order valence-electron chi connectivity index (χ3n) is 4.63. The Bertz CT molecular complexity index is 1040. The fourth-order valence-electron chi connectivity index (χ4n) is 3.05. The summed E-state index contributed by atoms with van der Waals surface area (Å²) in [5, 5.41) is 6.51. The Morgan fingerprint density at radius 1 is 0.400 bits per heavy atom. The molecule has 0 aliphatic carbocycles. The zero-order chi connectivity index (χ0) is 20.8. The van der Waals surface area contributed by atoms with E-state index < -0.39 is 11.6 Å². The Morgan fingerprint density at radius 2 is 0.700 bits per heavy atom. The molecule has 0 saturated carbocycles. The lowest BCUT2D eigenvalue weighted by atomic mass is 10.0. The number of hydrogen-bond acceptors (Lipinski definition) is 4. The van der Waals surface area contributed by atoms with Gasteiger partial charge in [-0.1, -0.05) is 36.4 Å². The SMILES string of the molecule is O=C(C(=O)c1ccc(Nc2ccccc2)cc1)c1ccc(Nc2ccccc2)cc1. The summed E-state index contributed by atoms with van der Waals surface area (Å²) in [6.07, 6.45) is 0. The molecule has 0 atom stereocenters. The maximum Gasteiger partial charge on any atom is 0.233 e. The van der Waals surface area contributed by atoms with Crippen LogP contribution in [0, 0.1) is 0 Å². The number of para-hydroxylation sites is 2. The molecule has 30 heavy (non-hydrogen) atoms. The second-order valence-electron chi connectivity index (χ2n) is 6.79. The van der Waals surface area contributed by atoms with Crippen molar-refractivity contribution in [3.05, 3.63) is 120 Å². The standard InChI is InChI=1S/C26H20N2O2/c29-25(19-11-15-23(16-12-19)27-21-7-3-1-4-8-21)26(30)20-13-17-24(18-14-20)28-22-9-5-2-6-10-22/h1-18,27-28H. The van der Waals surface area contributed by atoms with Crippen LogP contribution in [-0.4, -0.2) is 11.6 Å². The van der Waals surface area contributed by atoms with Crippen LogP contribution in [0.2, 0.25) is 0 Å². The Kier molecular flexibility index (Phi) is 5.67. The molecule has 0 spiro atoms. The van der Waals surface area contributed by atoms with Crippen LogP contribution in [0.4, 0.5) is 22.7 Å². The van der Waals surface area contributed by atoms with Gasteiger partial charge in [0.2, 0.25) is 11.6 Å². The highest BCUT2D eigenvalue weighted by Crippen LogP contribution is 2.19. The van der Waals surface area contributed by atoms with Gasteiger partial charge in [0.25, 0.3) is 0 Å². The van der Waals surface area contributed by atoms with Crippen molar-refractivity contribution in [3.8, 4) is 0 Å². The van der Waals surface area contributed by atoms with Crippen molar-refractivity contribution in [1.82, 2.24) is 0 Å². The van der Waals surface area contributed by atoms with Crippen molar-refractivity contribution in [3.63, 3.8) is 0 Å². The van der Waals surface area contributed by atoms with Gasteiger partial charge in [0, 0.05) is 33.9 Å². The molecule has 0 saturated heterocycles. The van der Waals surface area contributed by atoms with Crippen LogP contribution >= 0.6 is 0 Å². The highest BCUT2D eigenvalue weighted by molar-refractivity contribution is 6.49. The van der Waals surface area contributed by atoms with E-state index in [1.807, 2.05) is 60.7 Å².